The molecule has 0 unspecified atom stereocenters. The van der Waals surface area contributed by atoms with Gasteiger partial charge in [-0.25, -0.2) is 0 Å². The van der Waals surface area contributed by atoms with E-state index in [1.54, 1.807) is 12.4 Å². The van der Waals surface area contributed by atoms with Gasteiger partial charge in [0.25, 0.3) is 0 Å². The average Bonchev–Trinajstić information content (AvgIpc) is 2.28. The van der Waals surface area contributed by atoms with E-state index in [-0.39, 0.29) is 5.91 Å². The minimum atomic E-state index is -0.788. The first kappa shape index (κ1) is 12.6. The molecule has 88 valence electrons. The molecule has 0 saturated carbocycles. The Morgan fingerprint density at radius 2 is 2.06 bits per heavy atom. The van der Waals surface area contributed by atoms with E-state index in [2.05, 4.69) is 10.3 Å². The first-order valence-corrected chi connectivity index (χ1v) is 5.54. The molecule has 0 atom stereocenters. The number of aromatic nitrogens is 1. The maximum Gasteiger partial charge on any atom is 0.244 e. The van der Waals surface area contributed by atoms with Crippen molar-refractivity contribution in [1.29, 1.82) is 0 Å². The lowest BCUT2D eigenvalue weighted by Gasteiger charge is -2.25. The molecule has 16 heavy (non-hydrogen) atoms. The molecule has 0 spiro atoms. The van der Waals surface area contributed by atoms with Gasteiger partial charge in [0, 0.05) is 6.20 Å². The Balaban J connectivity index is 2.78. The van der Waals surface area contributed by atoms with Gasteiger partial charge in [-0.05, 0) is 31.4 Å². The van der Waals surface area contributed by atoms with Gasteiger partial charge in [0.05, 0.1) is 17.4 Å². The molecule has 1 aromatic heterocycles. The largest absolute Gasteiger partial charge is 0.323 e. The Bertz CT molecular complexity index is 372. The number of nitrogens with two attached hydrogens (primary N) is 1. The molecule has 4 nitrogen and oxygen atoms in total. The Kier molecular flexibility index (Phi) is 4.01. The molecule has 1 aromatic rings. The molecule has 3 N–H and O–H groups in total. The number of hydrogen-bond acceptors (Lipinski definition) is 3. The minimum Gasteiger partial charge on any atom is -0.323 e. The van der Waals surface area contributed by atoms with Gasteiger partial charge in [0.15, 0.2) is 0 Å². The van der Waals surface area contributed by atoms with Gasteiger partial charge in [-0.15, -0.1) is 0 Å². The van der Waals surface area contributed by atoms with E-state index in [4.69, 9.17) is 5.73 Å². The second-order valence-electron chi connectivity index (χ2n) is 4.07. The second-order valence-corrected chi connectivity index (χ2v) is 4.07. The highest BCUT2D eigenvalue weighted by atomic mass is 16.2. The van der Waals surface area contributed by atoms with E-state index in [0.29, 0.717) is 18.5 Å². The first-order valence-electron chi connectivity index (χ1n) is 5.54. The smallest absolute Gasteiger partial charge is 0.244 e. The van der Waals surface area contributed by atoms with Gasteiger partial charge >= 0.3 is 0 Å². The number of pyridine rings is 1. The van der Waals surface area contributed by atoms with Crippen LogP contribution < -0.4 is 11.1 Å². The highest BCUT2D eigenvalue weighted by Crippen LogP contribution is 2.15. The van der Waals surface area contributed by atoms with Crippen molar-refractivity contribution >= 4 is 11.6 Å². The summed E-state index contributed by atoms with van der Waals surface area (Å²) in [7, 11) is 0. The van der Waals surface area contributed by atoms with Crippen molar-refractivity contribution in [2.45, 2.75) is 39.2 Å². The van der Waals surface area contributed by atoms with Crippen LogP contribution in [-0.4, -0.2) is 16.4 Å². The number of carbonyl (C=O) groups excluding carboxylic acids is 1. The zero-order chi connectivity index (χ0) is 12.2. The number of hydrogen-bond donors (Lipinski definition) is 2. The van der Waals surface area contributed by atoms with Crippen molar-refractivity contribution in [3.63, 3.8) is 0 Å². The van der Waals surface area contributed by atoms with Crippen LogP contribution in [0.2, 0.25) is 0 Å². The average molecular weight is 221 g/mol. The lowest BCUT2D eigenvalue weighted by atomic mass is 9.93. The minimum absolute atomic E-state index is 0.148. The fourth-order valence-corrected chi connectivity index (χ4v) is 1.45. The zero-order valence-corrected chi connectivity index (χ0v) is 10.1. The van der Waals surface area contributed by atoms with Crippen LogP contribution in [0.3, 0.4) is 0 Å². The summed E-state index contributed by atoms with van der Waals surface area (Å²) < 4.78 is 0. The Morgan fingerprint density at radius 1 is 1.44 bits per heavy atom. The molecule has 0 aliphatic heterocycles. The summed E-state index contributed by atoms with van der Waals surface area (Å²) in [5.41, 5.74) is 6.91. The fraction of sp³-hybridized carbons (Fsp3) is 0.500. The second kappa shape index (κ2) is 5.07. The monoisotopic (exact) mass is 221 g/mol. The summed E-state index contributed by atoms with van der Waals surface area (Å²) in [6, 6.07) is 1.87. The maximum atomic E-state index is 11.9. The third-order valence-electron chi connectivity index (χ3n) is 2.85. The summed E-state index contributed by atoms with van der Waals surface area (Å²) >= 11 is 0. The quantitative estimate of drug-likeness (QED) is 0.815. The summed E-state index contributed by atoms with van der Waals surface area (Å²) in [5.74, 6) is -0.148. The van der Waals surface area contributed by atoms with E-state index in [9.17, 15) is 4.79 Å². The van der Waals surface area contributed by atoms with Crippen molar-refractivity contribution < 1.29 is 4.79 Å². The molecule has 0 aliphatic carbocycles. The van der Waals surface area contributed by atoms with Crippen molar-refractivity contribution in [1.82, 2.24) is 4.98 Å². The Morgan fingerprint density at radius 3 is 2.56 bits per heavy atom. The predicted octanol–water partition coefficient (Wildman–Crippen LogP) is 1.85. The molecule has 0 fully saturated rings. The van der Waals surface area contributed by atoms with Gasteiger partial charge in [-0.1, -0.05) is 13.8 Å². The van der Waals surface area contributed by atoms with Gasteiger partial charge in [0.2, 0.25) is 5.91 Å². The third kappa shape index (κ3) is 2.79. The molecule has 1 amide bonds. The Labute approximate surface area is 96.3 Å². The topological polar surface area (TPSA) is 68.0 Å². The molecule has 1 heterocycles. The molecular formula is C12H19N3O. The summed E-state index contributed by atoms with van der Waals surface area (Å²) in [6.07, 6.45) is 4.60. The molecule has 0 aliphatic rings. The number of aryl methyl sites for hydroxylation is 1. The number of amides is 1. The molecule has 0 radical (unpaired) electrons. The highest BCUT2D eigenvalue weighted by Gasteiger charge is 2.29. The normalized spacial score (nSPS) is 11.2. The molecule has 0 bridgehead atoms. The van der Waals surface area contributed by atoms with Crippen LogP contribution >= 0.6 is 0 Å². The number of nitrogens with one attached hydrogen (secondary N) is 1. The van der Waals surface area contributed by atoms with E-state index in [0.717, 1.165) is 5.56 Å². The first-order chi connectivity index (χ1) is 7.51. The van der Waals surface area contributed by atoms with Gasteiger partial charge in [-0.2, -0.15) is 0 Å². The van der Waals surface area contributed by atoms with Gasteiger partial charge in [0.1, 0.15) is 0 Å². The van der Waals surface area contributed by atoms with Crippen LogP contribution in [0.1, 0.15) is 32.3 Å². The van der Waals surface area contributed by atoms with Crippen LogP contribution in [0.4, 0.5) is 5.69 Å². The highest BCUT2D eigenvalue weighted by molar-refractivity contribution is 5.97. The molecule has 0 saturated heterocycles. The lowest BCUT2D eigenvalue weighted by Crippen LogP contribution is -2.50. The molecular weight excluding hydrogens is 202 g/mol. The van der Waals surface area contributed by atoms with Crippen LogP contribution in [0.5, 0.6) is 0 Å². The van der Waals surface area contributed by atoms with Crippen molar-refractivity contribution in [3.8, 4) is 0 Å². The summed E-state index contributed by atoms with van der Waals surface area (Å²) in [6.45, 7) is 5.76. The molecule has 1 rings (SSSR count). The van der Waals surface area contributed by atoms with E-state index in [1.165, 1.54) is 0 Å². The van der Waals surface area contributed by atoms with Gasteiger partial charge in [-0.3, -0.25) is 9.78 Å². The maximum absolute atomic E-state index is 11.9. The zero-order valence-electron chi connectivity index (χ0n) is 10.1. The number of carbonyl (C=O) groups is 1. The van der Waals surface area contributed by atoms with Crippen molar-refractivity contribution in [2.75, 3.05) is 5.32 Å². The van der Waals surface area contributed by atoms with Crippen molar-refractivity contribution in [2.24, 2.45) is 5.73 Å². The standard InChI is InChI=1S/C12H19N3O/c1-4-12(13,5-2)11(16)15-10-6-9(3)7-14-8-10/h6-8H,4-5,13H2,1-3H3,(H,15,16). The van der Waals surface area contributed by atoms with Gasteiger partial charge < -0.3 is 11.1 Å². The van der Waals surface area contributed by atoms with E-state index in [1.807, 2.05) is 26.8 Å². The van der Waals surface area contributed by atoms with Crippen LogP contribution in [0.25, 0.3) is 0 Å². The molecule has 0 aromatic carbocycles. The Hall–Kier alpha value is -1.42. The van der Waals surface area contributed by atoms with Crippen LogP contribution in [0, 0.1) is 6.92 Å². The number of nitrogens with zero attached hydrogens (tertiary/aromatic N) is 1. The van der Waals surface area contributed by atoms with Crippen LogP contribution in [-0.2, 0) is 4.79 Å². The number of rotatable bonds is 4. The van der Waals surface area contributed by atoms with Crippen molar-refractivity contribution in [3.05, 3.63) is 24.0 Å². The number of anilines is 1. The van der Waals surface area contributed by atoms with E-state index >= 15 is 0 Å². The predicted molar refractivity (Wildman–Crippen MR) is 65.1 cm³/mol. The molecule has 4 heteroatoms. The summed E-state index contributed by atoms with van der Waals surface area (Å²) in [4.78, 5) is 16.0. The van der Waals surface area contributed by atoms with Crippen LogP contribution in [0.15, 0.2) is 18.5 Å². The SMILES string of the molecule is CCC(N)(CC)C(=O)Nc1cncc(C)c1. The third-order valence-corrected chi connectivity index (χ3v) is 2.85. The van der Waals surface area contributed by atoms with E-state index < -0.39 is 5.54 Å². The fourth-order valence-electron chi connectivity index (χ4n) is 1.45. The lowest BCUT2D eigenvalue weighted by molar-refractivity contribution is -0.121. The summed E-state index contributed by atoms with van der Waals surface area (Å²) in [5, 5.41) is 2.80.